The van der Waals surface area contributed by atoms with Crippen molar-refractivity contribution < 1.29 is 4.74 Å². The van der Waals surface area contributed by atoms with Gasteiger partial charge in [-0.25, -0.2) is 0 Å². The number of rotatable bonds is 16. The van der Waals surface area contributed by atoms with Crippen LogP contribution in [0.2, 0.25) is 0 Å². The zero-order valence-corrected chi connectivity index (χ0v) is 15.9. The van der Waals surface area contributed by atoms with Crippen molar-refractivity contribution in [2.24, 2.45) is 17.6 Å². The molecule has 2 N–H and O–H groups in total. The van der Waals surface area contributed by atoms with Gasteiger partial charge in [0.1, 0.15) is 6.23 Å². The molecule has 0 aromatic carbocycles. The van der Waals surface area contributed by atoms with Gasteiger partial charge < -0.3 is 10.5 Å². The number of unbranched alkanes of at least 4 members (excludes halogenated alkanes) is 7. The Balaban J connectivity index is 3.17. The molecule has 0 bridgehead atoms. The van der Waals surface area contributed by atoms with Crippen LogP contribution in [0, 0.1) is 11.8 Å². The van der Waals surface area contributed by atoms with E-state index in [1.165, 1.54) is 70.6 Å². The summed E-state index contributed by atoms with van der Waals surface area (Å²) in [4.78, 5) is 0. The van der Waals surface area contributed by atoms with E-state index in [4.69, 9.17) is 10.5 Å². The number of ether oxygens (including phenoxy) is 1. The molecule has 0 aromatic heterocycles. The minimum absolute atomic E-state index is 0.0361. The summed E-state index contributed by atoms with van der Waals surface area (Å²) in [5.74, 6) is 1.70. The van der Waals surface area contributed by atoms with Crippen molar-refractivity contribution in [2.45, 2.75) is 111 Å². The summed E-state index contributed by atoms with van der Waals surface area (Å²) in [6.07, 6.45) is 15.5. The first-order valence-electron chi connectivity index (χ1n) is 9.89. The number of hydrogen-bond donors (Lipinski definition) is 1. The molecular formula is C20H43NO. The van der Waals surface area contributed by atoms with E-state index in [0.29, 0.717) is 0 Å². The molecule has 0 amide bonds. The minimum Gasteiger partial charge on any atom is -0.364 e. The highest BCUT2D eigenvalue weighted by Gasteiger charge is 2.02. The first-order chi connectivity index (χ1) is 10.5. The molecule has 0 heterocycles. The van der Waals surface area contributed by atoms with Crippen LogP contribution in [-0.2, 0) is 4.74 Å². The predicted molar refractivity (Wildman–Crippen MR) is 99.0 cm³/mol. The van der Waals surface area contributed by atoms with E-state index in [1.807, 2.05) is 0 Å². The van der Waals surface area contributed by atoms with Gasteiger partial charge in [0, 0.05) is 6.61 Å². The van der Waals surface area contributed by atoms with Gasteiger partial charge >= 0.3 is 0 Å². The molecule has 0 spiro atoms. The zero-order valence-electron chi connectivity index (χ0n) is 15.9. The summed E-state index contributed by atoms with van der Waals surface area (Å²) in [5, 5.41) is 0. The zero-order chi connectivity index (χ0) is 16.6. The van der Waals surface area contributed by atoms with Crippen molar-refractivity contribution >= 4 is 0 Å². The third-order valence-corrected chi connectivity index (χ3v) is 4.28. The van der Waals surface area contributed by atoms with Gasteiger partial charge in [-0.3, -0.25) is 0 Å². The molecule has 134 valence electrons. The van der Waals surface area contributed by atoms with E-state index in [9.17, 15) is 0 Å². The Kier molecular flexibility index (Phi) is 15.7. The fourth-order valence-electron chi connectivity index (χ4n) is 2.75. The molecule has 0 saturated carbocycles. The van der Waals surface area contributed by atoms with Gasteiger partial charge in [-0.1, -0.05) is 85.5 Å². The first kappa shape index (κ1) is 21.9. The second-order valence-corrected chi connectivity index (χ2v) is 7.74. The lowest BCUT2D eigenvalue weighted by molar-refractivity contribution is 0.0475. The van der Waals surface area contributed by atoms with Crippen LogP contribution in [0.25, 0.3) is 0 Å². The third kappa shape index (κ3) is 18.0. The molecule has 2 heteroatoms. The van der Waals surface area contributed by atoms with Gasteiger partial charge in [0.2, 0.25) is 0 Å². The lowest BCUT2D eigenvalue weighted by Gasteiger charge is -2.13. The molecular weight excluding hydrogens is 270 g/mol. The topological polar surface area (TPSA) is 35.2 Å². The van der Waals surface area contributed by atoms with E-state index < -0.39 is 0 Å². The predicted octanol–water partition coefficient (Wildman–Crippen LogP) is 6.28. The Morgan fingerprint density at radius 3 is 1.50 bits per heavy atom. The SMILES string of the molecule is CC(C)CCCCCCCOC(N)CCCCCCC(C)C. The molecule has 0 aliphatic heterocycles. The Morgan fingerprint density at radius 2 is 1.00 bits per heavy atom. The van der Waals surface area contributed by atoms with Gasteiger partial charge in [-0.05, 0) is 31.1 Å². The van der Waals surface area contributed by atoms with Gasteiger partial charge in [0.25, 0.3) is 0 Å². The monoisotopic (exact) mass is 313 g/mol. The maximum atomic E-state index is 6.01. The summed E-state index contributed by atoms with van der Waals surface area (Å²) in [6.45, 7) is 10.1. The second-order valence-electron chi connectivity index (χ2n) is 7.74. The normalized spacial score (nSPS) is 13.2. The highest BCUT2D eigenvalue weighted by Crippen LogP contribution is 2.12. The molecule has 22 heavy (non-hydrogen) atoms. The summed E-state index contributed by atoms with van der Waals surface area (Å²) in [5.41, 5.74) is 6.01. The molecule has 0 aromatic rings. The highest BCUT2D eigenvalue weighted by atomic mass is 16.5. The van der Waals surface area contributed by atoms with Gasteiger partial charge in [0.15, 0.2) is 0 Å². The quantitative estimate of drug-likeness (QED) is 0.269. The molecule has 0 radical (unpaired) electrons. The molecule has 0 rings (SSSR count). The van der Waals surface area contributed by atoms with Crippen molar-refractivity contribution in [1.82, 2.24) is 0 Å². The molecule has 0 saturated heterocycles. The molecule has 0 aliphatic carbocycles. The van der Waals surface area contributed by atoms with Crippen molar-refractivity contribution in [1.29, 1.82) is 0 Å². The molecule has 1 atom stereocenters. The smallest absolute Gasteiger partial charge is 0.105 e. The number of nitrogens with two attached hydrogens (primary N) is 1. The molecule has 0 fully saturated rings. The fourth-order valence-corrected chi connectivity index (χ4v) is 2.75. The van der Waals surface area contributed by atoms with Crippen LogP contribution < -0.4 is 5.73 Å². The van der Waals surface area contributed by atoms with Gasteiger partial charge in [-0.2, -0.15) is 0 Å². The van der Waals surface area contributed by atoms with Crippen LogP contribution in [0.4, 0.5) is 0 Å². The van der Waals surface area contributed by atoms with Crippen LogP contribution in [0.5, 0.6) is 0 Å². The minimum atomic E-state index is -0.0361. The highest BCUT2D eigenvalue weighted by molar-refractivity contribution is 4.53. The maximum absolute atomic E-state index is 6.01. The summed E-state index contributed by atoms with van der Waals surface area (Å²) in [6, 6.07) is 0. The Bertz CT molecular complexity index is 216. The van der Waals surface area contributed by atoms with Crippen LogP contribution in [0.3, 0.4) is 0 Å². The Morgan fingerprint density at radius 1 is 0.591 bits per heavy atom. The van der Waals surface area contributed by atoms with E-state index in [1.54, 1.807) is 0 Å². The van der Waals surface area contributed by atoms with Crippen LogP contribution in [0.1, 0.15) is 105 Å². The summed E-state index contributed by atoms with van der Waals surface area (Å²) < 4.78 is 5.71. The van der Waals surface area contributed by atoms with Crippen LogP contribution in [0.15, 0.2) is 0 Å². The van der Waals surface area contributed by atoms with Gasteiger partial charge in [-0.15, -0.1) is 0 Å². The lowest BCUT2D eigenvalue weighted by Crippen LogP contribution is -2.24. The summed E-state index contributed by atoms with van der Waals surface area (Å²) in [7, 11) is 0. The molecule has 2 nitrogen and oxygen atoms in total. The average Bonchev–Trinajstić information content (AvgIpc) is 2.44. The fraction of sp³-hybridized carbons (Fsp3) is 1.00. The Hall–Kier alpha value is -0.0800. The first-order valence-corrected chi connectivity index (χ1v) is 9.89. The molecule has 0 aliphatic rings. The van der Waals surface area contributed by atoms with E-state index in [2.05, 4.69) is 27.7 Å². The van der Waals surface area contributed by atoms with E-state index >= 15 is 0 Å². The molecule has 1 unspecified atom stereocenters. The van der Waals surface area contributed by atoms with Gasteiger partial charge in [0.05, 0.1) is 0 Å². The second kappa shape index (κ2) is 15.8. The van der Waals surface area contributed by atoms with Crippen molar-refractivity contribution in [3.8, 4) is 0 Å². The largest absolute Gasteiger partial charge is 0.364 e. The standard InChI is InChI=1S/C20H43NO/c1-18(2)14-10-6-5-9-13-17-22-20(21)16-12-8-7-11-15-19(3)4/h18-20H,5-17,21H2,1-4H3. The van der Waals surface area contributed by atoms with Crippen molar-refractivity contribution in [2.75, 3.05) is 6.61 Å². The van der Waals surface area contributed by atoms with Crippen molar-refractivity contribution in [3.05, 3.63) is 0 Å². The van der Waals surface area contributed by atoms with E-state index in [-0.39, 0.29) is 6.23 Å². The Labute approximate surface area is 140 Å². The maximum Gasteiger partial charge on any atom is 0.105 e. The van der Waals surface area contributed by atoms with Crippen LogP contribution in [-0.4, -0.2) is 12.8 Å². The summed E-state index contributed by atoms with van der Waals surface area (Å²) >= 11 is 0. The van der Waals surface area contributed by atoms with Crippen LogP contribution >= 0.6 is 0 Å². The number of hydrogen-bond acceptors (Lipinski definition) is 2. The lowest BCUT2D eigenvalue weighted by atomic mass is 10.0. The van der Waals surface area contributed by atoms with E-state index in [0.717, 1.165) is 24.9 Å². The average molecular weight is 314 g/mol. The third-order valence-electron chi connectivity index (χ3n) is 4.28. The van der Waals surface area contributed by atoms with Crippen molar-refractivity contribution in [3.63, 3.8) is 0 Å².